The Morgan fingerprint density at radius 2 is 2.17 bits per heavy atom. The molecule has 128 valence electrons. The zero-order valence-electron chi connectivity index (χ0n) is 13.7. The quantitative estimate of drug-likeness (QED) is 0.567. The molecule has 2 N–H and O–H groups in total. The normalized spacial score (nSPS) is 56.8. The third kappa shape index (κ3) is 1.25. The van der Waals surface area contributed by atoms with E-state index in [1.165, 1.54) is 0 Å². The summed E-state index contributed by atoms with van der Waals surface area (Å²) >= 11 is 0. The maximum Gasteiger partial charge on any atom is 0.316 e. The molecule has 1 spiro atoms. The first-order valence-corrected chi connectivity index (χ1v) is 8.79. The molecular formula is C19H22O5. The fourth-order valence-corrected chi connectivity index (χ4v) is 7.14. The lowest BCUT2D eigenvalue weighted by atomic mass is 9.61. The number of aliphatic hydroxyl groups excluding tert-OH is 1. The molecule has 24 heavy (non-hydrogen) atoms. The van der Waals surface area contributed by atoms with E-state index in [1.54, 1.807) is 13.0 Å². The van der Waals surface area contributed by atoms with Gasteiger partial charge in [-0.3, -0.25) is 9.59 Å². The van der Waals surface area contributed by atoms with Gasteiger partial charge in [0.25, 0.3) is 0 Å². The SMILES string of the molecule is C=C1C[C@]23CC1CC[C@H]2[C@@]12C=C[C@H](O)C(C)(C(=O)O1)[C@H]2[C@@H]3C(=O)O. The Labute approximate surface area is 140 Å². The zero-order valence-corrected chi connectivity index (χ0v) is 13.7. The average molecular weight is 330 g/mol. The summed E-state index contributed by atoms with van der Waals surface area (Å²) in [5.74, 6) is -2.12. The molecule has 4 aliphatic carbocycles. The van der Waals surface area contributed by atoms with Crippen molar-refractivity contribution in [2.45, 2.75) is 44.3 Å². The van der Waals surface area contributed by atoms with Gasteiger partial charge in [0.05, 0.1) is 12.0 Å². The van der Waals surface area contributed by atoms with Crippen LogP contribution in [0, 0.1) is 34.5 Å². The van der Waals surface area contributed by atoms with Gasteiger partial charge in [-0.1, -0.05) is 18.2 Å². The minimum atomic E-state index is -1.18. The highest BCUT2D eigenvalue weighted by Gasteiger charge is 2.82. The van der Waals surface area contributed by atoms with E-state index in [9.17, 15) is 19.8 Å². The minimum Gasteiger partial charge on any atom is -0.481 e. The van der Waals surface area contributed by atoms with E-state index >= 15 is 0 Å². The van der Waals surface area contributed by atoms with Crippen LogP contribution in [0.1, 0.15) is 32.6 Å². The van der Waals surface area contributed by atoms with Gasteiger partial charge in [-0.25, -0.2) is 0 Å². The highest BCUT2D eigenvalue weighted by Crippen LogP contribution is 2.76. The van der Waals surface area contributed by atoms with E-state index in [0.29, 0.717) is 12.3 Å². The molecular weight excluding hydrogens is 308 g/mol. The van der Waals surface area contributed by atoms with Gasteiger partial charge in [0.2, 0.25) is 0 Å². The number of rotatable bonds is 1. The number of carboxylic acid groups (broad SMARTS) is 1. The Morgan fingerprint density at radius 1 is 1.42 bits per heavy atom. The lowest BCUT2D eigenvalue weighted by Crippen LogP contribution is -2.50. The molecule has 4 fully saturated rings. The molecule has 5 nitrogen and oxygen atoms in total. The topological polar surface area (TPSA) is 83.8 Å². The predicted molar refractivity (Wildman–Crippen MR) is 83.7 cm³/mol. The Kier molecular flexibility index (Phi) is 2.42. The van der Waals surface area contributed by atoms with Gasteiger partial charge in [0.1, 0.15) is 11.0 Å². The first-order chi connectivity index (χ1) is 11.3. The highest BCUT2D eigenvalue weighted by atomic mass is 16.6. The summed E-state index contributed by atoms with van der Waals surface area (Å²) in [6.07, 6.45) is 5.83. The Morgan fingerprint density at radius 3 is 2.88 bits per heavy atom. The maximum atomic E-state index is 12.7. The summed E-state index contributed by atoms with van der Waals surface area (Å²) in [5, 5.41) is 20.7. The van der Waals surface area contributed by atoms with Crippen LogP contribution in [0.4, 0.5) is 0 Å². The summed E-state index contributed by atoms with van der Waals surface area (Å²) in [5.41, 5.74) is -1.30. The van der Waals surface area contributed by atoms with E-state index < -0.39 is 46.3 Å². The van der Waals surface area contributed by atoms with Crippen molar-refractivity contribution in [3.63, 3.8) is 0 Å². The van der Waals surface area contributed by atoms with Crippen molar-refractivity contribution < 1.29 is 24.5 Å². The van der Waals surface area contributed by atoms with Crippen molar-refractivity contribution in [2.24, 2.45) is 34.5 Å². The molecule has 0 aromatic heterocycles. The molecule has 5 aliphatic rings. The van der Waals surface area contributed by atoms with Crippen molar-refractivity contribution in [2.75, 3.05) is 0 Å². The predicted octanol–water partition coefficient (Wildman–Crippen LogP) is 1.91. The Hall–Kier alpha value is -1.62. The van der Waals surface area contributed by atoms with E-state index in [-0.39, 0.29) is 5.92 Å². The third-order valence-electron chi connectivity index (χ3n) is 8.02. The van der Waals surface area contributed by atoms with Crippen molar-refractivity contribution in [3.8, 4) is 0 Å². The van der Waals surface area contributed by atoms with Gasteiger partial charge in [-0.05, 0) is 50.0 Å². The van der Waals surface area contributed by atoms with Crippen LogP contribution < -0.4 is 0 Å². The lowest BCUT2D eigenvalue weighted by molar-refractivity contribution is -0.161. The summed E-state index contributed by atoms with van der Waals surface area (Å²) in [6, 6.07) is 0. The van der Waals surface area contributed by atoms with Crippen LogP contribution in [-0.4, -0.2) is 33.9 Å². The molecule has 4 bridgehead atoms. The number of esters is 1. The smallest absolute Gasteiger partial charge is 0.316 e. The molecule has 2 unspecified atom stereocenters. The molecule has 1 saturated heterocycles. The fraction of sp³-hybridized carbons (Fsp3) is 0.684. The largest absolute Gasteiger partial charge is 0.481 e. The molecule has 5 heteroatoms. The van der Waals surface area contributed by atoms with E-state index in [0.717, 1.165) is 24.8 Å². The van der Waals surface area contributed by atoms with E-state index in [4.69, 9.17) is 4.74 Å². The van der Waals surface area contributed by atoms with Crippen molar-refractivity contribution >= 4 is 11.9 Å². The van der Waals surface area contributed by atoms with Crippen LogP contribution in [0.3, 0.4) is 0 Å². The summed E-state index contributed by atoms with van der Waals surface area (Å²) in [4.78, 5) is 25.0. The van der Waals surface area contributed by atoms with Crippen molar-refractivity contribution in [1.82, 2.24) is 0 Å². The van der Waals surface area contributed by atoms with Gasteiger partial charge < -0.3 is 14.9 Å². The summed E-state index contributed by atoms with van der Waals surface area (Å²) in [7, 11) is 0. The van der Waals surface area contributed by atoms with Gasteiger partial charge in [0.15, 0.2) is 0 Å². The first-order valence-electron chi connectivity index (χ1n) is 8.79. The number of aliphatic hydroxyl groups is 1. The van der Waals surface area contributed by atoms with Crippen molar-refractivity contribution in [3.05, 3.63) is 24.3 Å². The molecule has 1 aliphatic heterocycles. The average Bonchev–Trinajstić information content (AvgIpc) is 2.98. The van der Waals surface area contributed by atoms with Crippen LogP contribution in [0.25, 0.3) is 0 Å². The van der Waals surface area contributed by atoms with Crippen LogP contribution in [0.5, 0.6) is 0 Å². The second-order valence-corrected chi connectivity index (χ2v) is 8.72. The second kappa shape index (κ2) is 3.96. The summed E-state index contributed by atoms with van der Waals surface area (Å²) in [6.45, 7) is 5.88. The number of allylic oxidation sites excluding steroid dienone is 1. The van der Waals surface area contributed by atoms with Crippen LogP contribution in [0.15, 0.2) is 24.3 Å². The Bertz CT molecular complexity index is 725. The number of carboxylic acids is 1. The standard InChI is InChI=1S/C19H22O5/c1-9-7-18-8-10(9)3-4-11(18)19-6-5-12(20)17(2,16(23)24-19)14(19)13(18)15(21)22/h5-6,10-14,20H,1,3-4,7-8H2,2H3,(H,21,22)/t10?,11-,12+,13-,14-,17?,18+,19-/m1/s1. The number of ether oxygens (including phenoxy) is 1. The van der Waals surface area contributed by atoms with Gasteiger partial charge >= 0.3 is 11.9 Å². The number of fused-ring (bicyclic) bond motifs is 1. The minimum absolute atomic E-state index is 0.00104. The first kappa shape index (κ1) is 14.7. The molecule has 3 saturated carbocycles. The molecule has 0 radical (unpaired) electrons. The van der Waals surface area contributed by atoms with Crippen LogP contribution >= 0.6 is 0 Å². The van der Waals surface area contributed by atoms with Gasteiger partial charge in [-0.15, -0.1) is 0 Å². The fourth-order valence-electron chi connectivity index (χ4n) is 7.14. The zero-order chi connectivity index (χ0) is 17.1. The third-order valence-corrected chi connectivity index (χ3v) is 8.02. The number of aliphatic carboxylic acids is 1. The number of hydrogen-bond acceptors (Lipinski definition) is 4. The molecule has 8 atom stereocenters. The molecule has 0 aromatic rings. The second-order valence-electron chi connectivity index (χ2n) is 8.72. The number of carbonyl (C=O) groups excluding carboxylic acids is 1. The molecule has 1 heterocycles. The van der Waals surface area contributed by atoms with Gasteiger partial charge in [-0.2, -0.15) is 0 Å². The van der Waals surface area contributed by atoms with Gasteiger partial charge in [0, 0.05) is 11.8 Å². The molecule has 0 amide bonds. The van der Waals surface area contributed by atoms with Crippen molar-refractivity contribution in [1.29, 1.82) is 0 Å². The van der Waals surface area contributed by atoms with Crippen LogP contribution in [-0.2, 0) is 14.3 Å². The lowest BCUT2D eigenvalue weighted by Gasteiger charge is -2.42. The van der Waals surface area contributed by atoms with E-state index in [2.05, 4.69) is 6.58 Å². The summed E-state index contributed by atoms with van der Waals surface area (Å²) < 4.78 is 5.92. The maximum absolute atomic E-state index is 12.7. The van der Waals surface area contributed by atoms with Crippen LogP contribution in [0.2, 0.25) is 0 Å². The molecule has 5 rings (SSSR count). The highest BCUT2D eigenvalue weighted by molar-refractivity contribution is 5.86. The Balaban J connectivity index is 1.78. The molecule has 0 aromatic carbocycles. The number of carbonyl (C=O) groups is 2. The number of hydrogen-bond donors (Lipinski definition) is 2. The monoisotopic (exact) mass is 330 g/mol. The van der Waals surface area contributed by atoms with E-state index in [1.807, 2.05) is 6.08 Å².